The zero-order chi connectivity index (χ0) is 13.9. The summed E-state index contributed by atoms with van der Waals surface area (Å²) in [4.78, 5) is 23.8. The minimum atomic E-state index is -0.364. The number of epoxide rings is 2. The quantitative estimate of drug-likeness (QED) is 0.400. The van der Waals surface area contributed by atoms with E-state index < -0.39 is 0 Å². The number of esters is 2. The van der Waals surface area contributed by atoms with Gasteiger partial charge in [0.05, 0.1) is 25.0 Å². The van der Waals surface area contributed by atoms with Crippen molar-refractivity contribution in [3.63, 3.8) is 0 Å². The summed E-state index contributed by atoms with van der Waals surface area (Å²) in [5.74, 6) is -1.18. The second-order valence-corrected chi connectivity index (χ2v) is 5.37. The topological polar surface area (TPSA) is 77.7 Å². The molecule has 0 aromatic heterocycles. The van der Waals surface area contributed by atoms with E-state index in [-0.39, 0.29) is 36.0 Å². The molecule has 3 rings (SSSR count). The van der Waals surface area contributed by atoms with Gasteiger partial charge in [0, 0.05) is 0 Å². The highest BCUT2D eigenvalue weighted by Crippen LogP contribution is 2.26. The third-order valence-electron chi connectivity index (χ3n) is 3.59. The van der Waals surface area contributed by atoms with Crippen LogP contribution in [0.1, 0.15) is 12.8 Å². The van der Waals surface area contributed by atoms with Crippen LogP contribution in [0, 0.1) is 11.8 Å². The molecule has 3 aliphatic rings. The predicted molar refractivity (Wildman–Crippen MR) is 66.8 cm³/mol. The zero-order valence-electron chi connectivity index (χ0n) is 11.2. The van der Waals surface area contributed by atoms with Crippen LogP contribution in [0.2, 0.25) is 0 Å². The van der Waals surface area contributed by atoms with Crippen molar-refractivity contribution in [1.29, 1.82) is 0 Å². The highest BCUT2D eigenvalue weighted by Gasteiger charge is 2.33. The lowest BCUT2D eigenvalue weighted by molar-refractivity contribution is -0.152. The molecule has 2 saturated heterocycles. The Bertz CT molecular complexity index is 410. The summed E-state index contributed by atoms with van der Waals surface area (Å²) in [6.07, 6.45) is 4.85. The van der Waals surface area contributed by atoms with Gasteiger partial charge in [0.2, 0.25) is 0 Å². The number of hydrogen-bond acceptors (Lipinski definition) is 6. The smallest absolute Gasteiger partial charge is 0.312 e. The number of carbonyl (C=O) groups is 2. The summed E-state index contributed by atoms with van der Waals surface area (Å²) >= 11 is 0. The van der Waals surface area contributed by atoms with Gasteiger partial charge < -0.3 is 18.9 Å². The first kappa shape index (κ1) is 13.6. The molecule has 20 heavy (non-hydrogen) atoms. The Hall–Kier alpha value is -1.40. The Morgan fingerprint density at radius 1 is 1.05 bits per heavy atom. The average Bonchev–Trinajstić information content (AvgIpc) is 3.36. The first-order chi connectivity index (χ1) is 9.72. The molecular formula is C14H18O6. The van der Waals surface area contributed by atoms with Gasteiger partial charge in [-0.3, -0.25) is 9.59 Å². The van der Waals surface area contributed by atoms with E-state index in [2.05, 4.69) is 0 Å². The summed E-state index contributed by atoms with van der Waals surface area (Å²) in [6.45, 7) is 1.94. The number of ether oxygens (including phenoxy) is 4. The lowest BCUT2D eigenvalue weighted by Crippen LogP contribution is -2.28. The molecule has 0 spiro atoms. The third-order valence-corrected chi connectivity index (χ3v) is 3.59. The van der Waals surface area contributed by atoms with Crippen molar-refractivity contribution >= 4 is 11.9 Å². The lowest BCUT2D eigenvalue weighted by atomic mass is 9.86. The van der Waals surface area contributed by atoms with E-state index >= 15 is 0 Å². The Balaban J connectivity index is 1.44. The standard InChI is InChI=1S/C14H18O6/c15-13(19-7-11-5-17-11)9-2-1-3-10(4-9)14(16)20-8-12-6-18-12/h1-2,9-12H,3-8H2. The molecule has 4 unspecified atom stereocenters. The average molecular weight is 282 g/mol. The molecule has 2 aliphatic heterocycles. The SMILES string of the molecule is O=C(OCC1CO1)C1C=CCC(C(=O)OCC2CO2)C1. The normalized spacial score (nSPS) is 34.4. The fraction of sp³-hybridized carbons (Fsp3) is 0.714. The number of carbonyl (C=O) groups excluding carboxylic acids is 2. The Labute approximate surface area is 117 Å². The molecule has 0 aromatic rings. The second-order valence-electron chi connectivity index (χ2n) is 5.37. The van der Waals surface area contributed by atoms with E-state index in [1.165, 1.54) is 0 Å². The van der Waals surface area contributed by atoms with Crippen molar-refractivity contribution in [3.8, 4) is 0 Å². The van der Waals surface area contributed by atoms with Gasteiger partial charge in [0.25, 0.3) is 0 Å². The largest absolute Gasteiger partial charge is 0.463 e. The first-order valence-corrected chi connectivity index (χ1v) is 6.95. The summed E-state index contributed by atoms with van der Waals surface area (Å²) in [7, 11) is 0. The molecule has 0 N–H and O–H groups in total. The van der Waals surface area contributed by atoms with Gasteiger partial charge in [0.1, 0.15) is 25.4 Å². The van der Waals surface area contributed by atoms with Crippen LogP contribution in [0.4, 0.5) is 0 Å². The Morgan fingerprint density at radius 3 is 2.25 bits per heavy atom. The van der Waals surface area contributed by atoms with Crippen molar-refractivity contribution in [3.05, 3.63) is 12.2 Å². The molecular weight excluding hydrogens is 264 g/mol. The number of hydrogen-bond donors (Lipinski definition) is 0. The molecule has 2 heterocycles. The van der Waals surface area contributed by atoms with E-state index in [0.29, 0.717) is 39.3 Å². The summed E-state index contributed by atoms with van der Waals surface area (Å²) in [5, 5.41) is 0. The molecule has 0 aromatic carbocycles. The van der Waals surface area contributed by atoms with Crippen molar-refractivity contribution in [2.75, 3.05) is 26.4 Å². The molecule has 4 atom stereocenters. The van der Waals surface area contributed by atoms with E-state index in [0.717, 1.165) is 0 Å². The minimum Gasteiger partial charge on any atom is -0.463 e. The van der Waals surface area contributed by atoms with E-state index in [9.17, 15) is 9.59 Å². The predicted octanol–water partition coefficient (Wildman–Crippen LogP) is 0.453. The highest BCUT2D eigenvalue weighted by molar-refractivity contribution is 5.78. The van der Waals surface area contributed by atoms with Crippen molar-refractivity contribution in [2.45, 2.75) is 25.0 Å². The van der Waals surface area contributed by atoms with Crippen LogP contribution < -0.4 is 0 Å². The molecule has 0 bridgehead atoms. The molecule has 110 valence electrons. The summed E-state index contributed by atoms with van der Waals surface area (Å²) in [6, 6.07) is 0. The number of allylic oxidation sites excluding steroid dienone is 1. The summed E-state index contributed by atoms with van der Waals surface area (Å²) < 4.78 is 20.3. The van der Waals surface area contributed by atoms with Crippen molar-refractivity contribution in [1.82, 2.24) is 0 Å². The molecule has 2 fully saturated rings. The van der Waals surface area contributed by atoms with Crippen LogP contribution in [0.25, 0.3) is 0 Å². The summed E-state index contributed by atoms with van der Waals surface area (Å²) in [5.41, 5.74) is 0. The number of rotatable bonds is 6. The van der Waals surface area contributed by atoms with Crippen LogP contribution in [0.5, 0.6) is 0 Å². The maximum absolute atomic E-state index is 11.9. The monoisotopic (exact) mass is 282 g/mol. The van der Waals surface area contributed by atoms with Gasteiger partial charge >= 0.3 is 11.9 Å². The fourth-order valence-electron chi connectivity index (χ4n) is 2.16. The van der Waals surface area contributed by atoms with Crippen LogP contribution in [0.3, 0.4) is 0 Å². The van der Waals surface area contributed by atoms with Gasteiger partial charge in [-0.05, 0) is 12.8 Å². The Kier molecular flexibility index (Phi) is 4.03. The zero-order valence-corrected chi connectivity index (χ0v) is 11.2. The molecule has 0 saturated carbocycles. The van der Waals surface area contributed by atoms with Crippen LogP contribution >= 0.6 is 0 Å². The van der Waals surface area contributed by atoms with Gasteiger partial charge in [-0.2, -0.15) is 0 Å². The first-order valence-electron chi connectivity index (χ1n) is 6.95. The van der Waals surface area contributed by atoms with Gasteiger partial charge in [-0.1, -0.05) is 12.2 Å². The molecule has 0 amide bonds. The minimum absolute atomic E-state index is 0.0609. The third kappa shape index (κ3) is 3.80. The fourth-order valence-corrected chi connectivity index (χ4v) is 2.16. The highest BCUT2D eigenvalue weighted by atomic mass is 16.6. The molecule has 6 nitrogen and oxygen atoms in total. The van der Waals surface area contributed by atoms with Crippen molar-refractivity contribution < 1.29 is 28.5 Å². The molecule has 6 heteroatoms. The van der Waals surface area contributed by atoms with E-state index in [1.54, 1.807) is 0 Å². The lowest BCUT2D eigenvalue weighted by Gasteiger charge is -2.22. The maximum atomic E-state index is 11.9. The van der Waals surface area contributed by atoms with Crippen LogP contribution in [-0.2, 0) is 28.5 Å². The van der Waals surface area contributed by atoms with E-state index in [4.69, 9.17) is 18.9 Å². The molecule has 0 radical (unpaired) electrons. The van der Waals surface area contributed by atoms with Crippen molar-refractivity contribution in [2.24, 2.45) is 11.8 Å². The maximum Gasteiger partial charge on any atom is 0.312 e. The Morgan fingerprint density at radius 2 is 1.65 bits per heavy atom. The van der Waals surface area contributed by atoms with Gasteiger partial charge in [0.15, 0.2) is 0 Å². The van der Waals surface area contributed by atoms with Gasteiger partial charge in [-0.15, -0.1) is 0 Å². The van der Waals surface area contributed by atoms with Crippen LogP contribution in [0.15, 0.2) is 12.2 Å². The van der Waals surface area contributed by atoms with E-state index in [1.807, 2.05) is 12.2 Å². The van der Waals surface area contributed by atoms with Crippen LogP contribution in [-0.4, -0.2) is 50.6 Å². The van der Waals surface area contributed by atoms with Gasteiger partial charge in [-0.25, -0.2) is 0 Å². The second kappa shape index (κ2) is 5.93. The molecule has 1 aliphatic carbocycles.